The van der Waals surface area contributed by atoms with E-state index >= 15 is 0 Å². The molecule has 6 heteroatoms. The summed E-state index contributed by atoms with van der Waals surface area (Å²) in [5.41, 5.74) is 5.19. The Labute approximate surface area is 104 Å². The number of hydrogen-bond acceptors (Lipinski definition) is 3. The number of hydrogen-bond donors (Lipinski definition) is 1. The molecule has 1 saturated heterocycles. The third-order valence-corrected chi connectivity index (χ3v) is 3.37. The molecule has 1 fully saturated rings. The predicted molar refractivity (Wildman–Crippen MR) is 63.2 cm³/mol. The summed E-state index contributed by atoms with van der Waals surface area (Å²) in [6.07, 6.45) is -2.61. The molecule has 1 aliphatic rings. The summed E-state index contributed by atoms with van der Waals surface area (Å²) in [7, 11) is 0. The fraction of sp³-hybridized carbons (Fsp3) is 0.583. The van der Waals surface area contributed by atoms with Crippen molar-refractivity contribution < 1.29 is 13.2 Å². The van der Waals surface area contributed by atoms with Crippen LogP contribution in [-0.4, -0.2) is 24.1 Å². The molecular weight excluding hydrogens is 243 g/mol. The van der Waals surface area contributed by atoms with Crippen LogP contribution in [0.15, 0.2) is 18.3 Å². The Kier molecular flexibility index (Phi) is 3.47. The maximum Gasteiger partial charge on any atom is 0.417 e. The Hall–Kier alpha value is -1.30. The summed E-state index contributed by atoms with van der Waals surface area (Å²) in [4.78, 5) is 5.87. The van der Waals surface area contributed by atoms with Crippen LogP contribution in [-0.2, 0) is 6.18 Å². The third-order valence-electron chi connectivity index (χ3n) is 3.37. The molecule has 0 saturated carbocycles. The number of halogens is 3. The van der Waals surface area contributed by atoms with Crippen LogP contribution < -0.4 is 10.6 Å². The van der Waals surface area contributed by atoms with Gasteiger partial charge < -0.3 is 10.6 Å². The highest BCUT2D eigenvalue weighted by Crippen LogP contribution is 2.30. The summed E-state index contributed by atoms with van der Waals surface area (Å²) in [5, 5.41) is 0. The number of pyridine rings is 1. The summed E-state index contributed by atoms with van der Waals surface area (Å²) in [5.74, 6) is 0.907. The lowest BCUT2D eigenvalue weighted by Gasteiger charge is -2.35. The molecule has 18 heavy (non-hydrogen) atoms. The Morgan fingerprint density at radius 1 is 1.39 bits per heavy atom. The minimum Gasteiger partial charge on any atom is -0.356 e. The fourth-order valence-corrected chi connectivity index (χ4v) is 2.11. The third kappa shape index (κ3) is 2.75. The summed E-state index contributed by atoms with van der Waals surface area (Å²) in [6, 6.07) is 2.66. The van der Waals surface area contributed by atoms with E-state index in [1.54, 1.807) is 0 Å². The Bertz CT molecular complexity index is 402. The molecule has 0 radical (unpaired) electrons. The van der Waals surface area contributed by atoms with Gasteiger partial charge in [0.15, 0.2) is 0 Å². The minimum absolute atomic E-state index is 0.163. The van der Waals surface area contributed by atoms with Crippen molar-refractivity contribution in [2.75, 3.05) is 18.0 Å². The minimum atomic E-state index is -4.33. The number of piperidine rings is 1. The summed E-state index contributed by atoms with van der Waals surface area (Å²) < 4.78 is 37.2. The van der Waals surface area contributed by atoms with Crippen LogP contribution in [0, 0.1) is 5.92 Å². The molecule has 0 spiro atoms. The zero-order chi connectivity index (χ0) is 13.3. The number of alkyl halides is 3. The monoisotopic (exact) mass is 259 g/mol. The van der Waals surface area contributed by atoms with Crippen LogP contribution in [0.2, 0.25) is 0 Å². The second-order valence-electron chi connectivity index (χ2n) is 4.78. The van der Waals surface area contributed by atoms with Gasteiger partial charge in [-0.2, -0.15) is 13.2 Å². The normalized spacial score (nSPS) is 25.3. The van der Waals surface area contributed by atoms with Crippen LogP contribution >= 0.6 is 0 Å². The van der Waals surface area contributed by atoms with Gasteiger partial charge in [0.25, 0.3) is 0 Å². The second kappa shape index (κ2) is 4.76. The largest absolute Gasteiger partial charge is 0.417 e. The molecule has 2 N–H and O–H groups in total. The van der Waals surface area contributed by atoms with Crippen LogP contribution in [0.25, 0.3) is 0 Å². The van der Waals surface area contributed by atoms with E-state index in [0.717, 1.165) is 31.8 Å². The van der Waals surface area contributed by atoms with Crippen molar-refractivity contribution in [2.24, 2.45) is 11.7 Å². The van der Waals surface area contributed by atoms with Crippen molar-refractivity contribution in [1.82, 2.24) is 4.98 Å². The Morgan fingerprint density at radius 2 is 2.11 bits per heavy atom. The van der Waals surface area contributed by atoms with E-state index in [2.05, 4.69) is 4.98 Å². The lowest BCUT2D eigenvalue weighted by atomic mass is 9.95. The highest BCUT2D eigenvalue weighted by atomic mass is 19.4. The topological polar surface area (TPSA) is 42.2 Å². The average Bonchev–Trinajstić information content (AvgIpc) is 2.32. The van der Waals surface area contributed by atoms with E-state index in [1.165, 1.54) is 6.07 Å². The predicted octanol–water partition coefficient (Wildman–Crippen LogP) is 2.27. The van der Waals surface area contributed by atoms with Gasteiger partial charge in [-0.3, -0.25) is 0 Å². The van der Waals surface area contributed by atoms with Crippen molar-refractivity contribution in [3.05, 3.63) is 23.9 Å². The number of nitrogens with zero attached hydrogens (tertiary/aromatic N) is 2. The molecule has 0 aliphatic carbocycles. The van der Waals surface area contributed by atoms with Gasteiger partial charge in [-0.1, -0.05) is 6.92 Å². The van der Waals surface area contributed by atoms with Crippen molar-refractivity contribution >= 4 is 5.82 Å². The second-order valence-corrected chi connectivity index (χ2v) is 4.78. The van der Waals surface area contributed by atoms with Crippen molar-refractivity contribution in [3.8, 4) is 0 Å². The molecule has 1 aromatic heterocycles. The molecule has 1 aliphatic heterocycles. The number of aromatic nitrogens is 1. The summed E-state index contributed by atoms with van der Waals surface area (Å²) in [6.45, 7) is 3.52. The van der Waals surface area contributed by atoms with Crippen LogP contribution in [0.3, 0.4) is 0 Å². The van der Waals surface area contributed by atoms with E-state index in [0.29, 0.717) is 11.7 Å². The number of anilines is 1. The van der Waals surface area contributed by atoms with Gasteiger partial charge in [0.05, 0.1) is 5.56 Å². The highest BCUT2D eigenvalue weighted by Gasteiger charge is 2.31. The molecular formula is C12H16F3N3. The molecule has 2 heterocycles. The highest BCUT2D eigenvalue weighted by molar-refractivity contribution is 5.40. The standard InChI is InChI=1S/C12H16F3N3/c1-8-7-18(5-4-10(8)16)11-3-2-9(6-17-11)12(13,14)15/h2-3,6,8,10H,4-5,7,16H2,1H3. The molecule has 2 atom stereocenters. The zero-order valence-corrected chi connectivity index (χ0v) is 10.1. The van der Waals surface area contributed by atoms with Crippen LogP contribution in [0.4, 0.5) is 19.0 Å². The average molecular weight is 259 g/mol. The molecule has 3 nitrogen and oxygen atoms in total. The van der Waals surface area contributed by atoms with Gasteiger partial charge >= 0.3 is 6.18 Å². The van der Waals surface area contributed by atoms with Gasteiger partial charge in [0.2, 0.25) is 0 Å². The molecule has 2 unspecified atom stereocenters. The maximum atomic E-state index is 12.4. The SMILES string of the molecule is CC1CN(c2ccc(C(F)(F)F)cn2)CCC1N. The van der Waals surface area contributed by atoms with E-state index in [1.807, 2.05) is 11.8 Å². The van der Waals surface area contributed by atoms with Gasteiger partial charge in [-0.05, 0) is 24.5 Å². The van der Waals surface area contributed by atoms with Crippen molar-refractivity contribution in [3.63, 3.8) is 0 Å². The zero-order valence-electron chi connectivity index (χ0n) is 10.1. The number of nitrogens with two attached hydrogens (primary N) is 1. The Balaban J connectivity index is 2.11. The number of rotatable bonds is 1. The first-order chi connectivity index (χ1) is 8.38. The van der Waals surface area contributed by atoms with Gasteiger partial charge in [-0.25, -0.2) is 4.98 Å². The van der Waals surface area contributed by atoms with Gasteiger partial charge in [-0.15, -0.1) is 0 Å². The van der Waals surface area contributed by atoms with E-state index in [-0.39, 0.29) is 6.04 Å². The van der Waals surface area contributed by atoms with E-state index in [9.17, 15) is 13.2 Å². The fourth-order valence-electron chi connectivity index (χ4n) is 2.11. The first-order valence-corrected chi connectivity index (χ1v) is 5.91. The maximum absolute atomic E-state index is 12.4. The molecule has 0 aromatic carbocycles. The molecule has 1 aromatic rings. The smallest absolute Gasteiger partial charge is 0.356 e. The summed E-state index contributed by atoms with van der Waals surface area (Å²) >= 11 is 0. The van der Waals surface area contributed by atoms with Crippen molar-refractivity contribution in [1.29, 1.82) is 0 Å². The van der Waals surface area contributed by atoms with Gasteiger partial charge in [0.1, 0.15) is 5.82 Å². The quantitative estimate of drug-likeness (QED) is 0.841. The van der Waals surface area contributed by atoms with E-state index < -0.39 is 11.7 Å². The first-order valence-electron chi connectivity index (χ1n) is 5.91. The van der Waals surface area contributed by atoms with Crippen LogP contribution in [0.1, 0.15) is 18.9 Å². The molecule has 0 bridgehead atoms. The molecule has 100 valence electrons. The Morgan fingerprint density at radius 3 is 2.61 bits per heavy atom. The molecule has 2 rings (SSSR count). The lowest BCUT2D eigenvalue weighted by Crippen LogP contribution is -2.46. The van der Waals surface area contributed by atoms with Crippen molar-refractivity contribution in [2.45, 2.75) is 25.6 Å². The van der Waals surface area contributed by atoms with E-state index in [4.69, 9.17) is 5.73 Å². The van der Waals surface area contributed by atoms with Gasteiger partial charge in [0, 0.05) is 25.3 Å². The first kappa shape index (κ1) is 13.1. The van der Waals surface area contributed by atoms with Crippen LogP contribution in [0.5, 0.6) is 0 Å². The lowest BCUT2D eigenvalue weighted by molar-refractivity contribution is -0.137. The molecule has 0 amide bonds.